The van der Waals surface area contributed by atoms with Gasteiger partial charge in [0.1, 0.15) is 5.54 Å². The van der Waals surface area contributed by atoms with E-state index in [1.807, 2.05) is 24.8 Å². The van der Waals surface area contributed by atoms with Crippen LogP contribution in [0, 0.1) is 5.92 Å². The van der Waals surface area contributed by atoms with Gasteiger partial charge in [-0.2, -0.15) is 0 Å². The van der Waals surface area contributed by atoms with Crippen LogP contribution in [0.25, 0.3) is 0 Å². The third-order valence-electron chi connectivity index (χ3n) is 7.45. The molecule has 168 valence electrons. The Morgan fingerprint density at radius 3 is 2.47 bits per heavy atom. The maximum atomic E-state index is 13.5. The van der Waals surface area contributed by atoms with Crippen LogP contribution in [0.3, 0.4) is 0 Å². The van der Waals surface area contributed by atoms with Gasteiger partial charge in [-0.3, -0.25) is 14.5 Å². The molecule has 0 aliphatic carbocycles. The molecular weight excluding hydrogens is 380 g/mol. The van der Waals surface area contributed by atoms with Gasteiger partial charge in [-0.1, -0.05) is 19.4 Å². The Morgan fingerprint density at radius 1 is 1.20 bits per heavy atom. The van der Waals surface area contributed by atoms with E-state index >= 15 is 0 Å². The molecule has 3 saturated heterocycles. The summed E-state index contributed by atoms with van der Waals surface area (Å²) in [5.41, 5.74) is -0.0527. The molecule has 0 aromatic rings. The number of carbonyl (C=O) groups is 3. The summed E-state index contributed by atoms with van der Waals surface area (Å²) in [7, 11) is 2.12. The highest BCUT2D eigenvalue weighted by Gasteiger charge is 2.55. The molecule has 0 saturated carbocycles. The highest BCUT2D eigenvalue weighted by molar-refractivity contribution is 6.07. The zero-order valence-electron chi connectivity index (χ0n) is 19.1. The monoisotopic (exact) mass is 418 g/mol. The van der Waals surface area contributed by atoms with E-state index in [1.54, 1.807) is 0 Å². The normalized spacial score (nSPS) is 29.1. The molecule has 2 unspecified atom stereocenters. The second-order valence-corrected chi connectivity index (χ2v) is 9.21. The van der Waals surface area contributed by atoms with Crippen LogP contribution in [-0.2, 0) is 9.59 Å². The number of imide groups is 1. The van der Waals surface area contributed by atoms with Gasteiger partial charge in [0.25, 0.3) is 5.91 Å². The summed E-state index contributed by atoms with van der Waals surface area (Å²) >= 11 is 0. The van der Waals surface area contributed by atoms with Gasteiger partial charge in [-0.15, -0.1) is 0 Å². The molecule has 3 aliphatic heterocycles. The maximum Gasteiger partial charge on any atom is 0.325 e. The second kappa shape index (κ2) is 9.50. The first kappa shape index (κ1) is 22.8. The standard InChI is InChI=1S/C23H38N4O3/c1-5-12-23(18-9-14-26(15-10-18)20(28)17(3)6-2)21(29)27(22(30)24-23)16-11-19-8-7-13-25(19)4/h6,18-19H,5,7-16H2,1-4H3,(H,24,30). The zero-order chi connectivity index (χ0) is 21.9. The van der Waals surface area contributed by atoms with Gasteiger partial charge < -0.3 is 15.1 Å². The molecule has 0 aromatic carbocycles. The smallest absolute Gasteiger partial charge is 0.325 e. The average molecular weight is 419 g/mol. The molecule has 0 radical (unpaired) electrons. The van der Waals surface area contributed by atoms with Crippen molar-refractivity contribution in [2.45, 2.75) is 77.3 Å². The molecule has 3 fully saturated rings. The molecule has 3 rings (SSSR count). The van der Waals surface area contributed by atoms with Gasteiger partial charge in [0.15, 0.2) is 0 Å². The molecule has 4 amide bonds. The summed E-state index contributed by atoms with van der Waals surface area (Å²) in [5, 5.41) is 3.11. The lowest BCUT2D eigenvalue weighted by Crippen LogP contribution is -2.56. The SMILES string of the molecule is CC=C(C)C(=O)N1CCC(C2(CCC)NC(=O)N(CCC3CCCN3C)C2=O)CC1. The van der Waals surface area contributed by atoms with Gasteiger partial charge in [0, 0.05) is 31.2 Å². The Balaban J connectivity index is 1.67. The molecule has 7 nitrogen and oxygen atoms in total. The summed E-state index contributed by atoms with van der Waals surface area (Å²) in [5.74, 6) is 0.0945. The topological polar surface area (TPSA) is 73.0 Å². The Morgan fingerprint density at radius 2 is 1.90 bits per heavy atom. The van der Waals surface area contributed by atoms with E-state index in [-0.39, 0.29) is 23.8 Å². The van der Waals surface area contributed by atoms with Crippen molar-refractivity contribution in [1.82, 2.24) is 20.0 Å². The molecule has 7 heteroatoms. The van der Waals surface area contributed by atoms with Crippen LogP contribution in [0.15, 0.2) is 11.6 Å². The molecule has 0 spiro atoms. The molecule has 3 aliphatic rings. The number of piperidine rings is 1. The molecule has 1 N–H and O–H groups in total. The van der Waals surface area contributed by atoms with Gasteiger partial charge in [-0.25, -0.2) is 4.79 Å². The van der Waals surface area contributed by atoms with Crippen molar-refractivity contribution in [3.63, 3.8) is 0 Å². The molecule has 0 aromatic heterocycles. The van der Waals surface area contributed by atoms with Crippen LogP contribution >= 0.6 is 0 Å². The Hall–Kier alpha value is -1.89. The van der Waals surface area contributed by atoms with E-state index < -0.39 is 5.54 Å². The van der Waals surface area contributed by atoms with Crippen molar-refractivity contribution >= 4 is 17.8 Å². The summed E-state index contributed by atoms with van der Waals surface area (Å²) in [4.78, 5) is 44.5. The lowest BCUT2D eigenvalue weighted by molar-refractivity contribution is -0.135. The predicted octanol–water partition coefficient (Wildman–Crippen LogP) is 2.77. The molecule has 30 heavy (non-hydrogen) atoms. The van der Waals surface area contributed by atoms with E-state index in [2.05, 4.69) is 24.2 Å². The summed E-state index contributed by atoms with van der Waals surface area (Å²) < 4.78 is 0. The number of rotatable bonds is 7. The van der Waals surface area contributed by atoms with Crippen LogP contribution in [0.5, 0.6) is 0 Å². The van der Waals surface area contributed by atoms with Crippen molar-refractivity contribution < 1.29 is 14.4 Å². The largest absolute Gasteiger partial charge is 0.339 e. The number of allylic oxidation sites excluding steroid dienone is 1. The Bertz CT molecular complexity index is 699. The zero-order valence-corrected chi connectivity index (χ0v) is 19.1. The van der Waals surface area contributed by atoms with Gasteiger partial charge in [0.05, 0.1) is 0 Å². The number of likely N-dealkylation sites (tertiary alicyclic amines) is 2. The fourth-order valence-electron chi connectivity index (χ4n) is 5.46. The lowest BCUT2D eigenvalue weighted by Gasteiger charge is -2.41. The summed E-state index contributed by atoms with van der Waals surface area (Å²) in [6, 6.07) is 0.216. The van der Waals surface area contributed by atoms with E-state index in [0.29, 0.717) is 32.1 Å². The highest BCUT2D eigenvalue weighted by atomic mass is 16.2. The molecule has 0 bridgehead atoms. The number of hydrogen-bond donors (Lipinski definition) is 1. The number of amides is 4. The van der Waals surface area contributed by atoms with Crippen molar-refractivity contribution in [2.24, 2.45) is 5.92 Å². The number of urea groups is 1. The van der Waals surface area contributed by atoms with Crippen LogP contribution < -0.4 is 5.32 Å². The van der Waals surface area contributed by atoms with E-state index in [1.165, 1.54) is 11.3 Å². The molecule has 2 atom stereocenters. The van der Waals surface area contributed by atoms with Gasteiger partial charge in [-0.05, 0) is 71.9 Å². The van der Waals surface area contributed by atoms with E-state index in [9.17, 15) is 14.4 Å². The summed E-state index contributed by atoms with van der Waals surface area (Å²) in [6.07, 6.45) is 7.98. The maximum absolute atomic E-state index is 13.5. The lowest BCUT2D eigenvalue weighted by atomic mass is 9.74. The first-order chi connectivity index (χ1) is 14.3. The third kappa shape index (κ3) is 4.27. The Kier molecular flexibility index (Phi) is 7.22. The molecule has 3 heterocycles. The van der Waals surface area contributed by atoms with Crippen LogP contribution in [0.1, 0.15) is 65.7 Å². The number of nitrogens with one attached hydrogen (secondary N) is 1. The van der Waals surface area contributed by atoms with E-state index in [0.717, 1.165) is 44.2 Å². The first-order valence-electron chi connectivity index (χ1n) is 11.6. The number of carbonyl (C=O) groups excluding carboxylic acids is 3. The minimum atomic E-state index is -0.807. The average Bonchev–Trinajstić information content (AvgIpc) is 3.26. The predicted molar refractivity (Wildman–Crippen MR) is 117 cm³/mol. The molecular formula is C23H38N4O3. The minimum absolute atomic E-state index is 0.0515. The number of nitrogens with zero attached hydrogens (tertiary/aromatic N) is 3. The van der Waals surface area contributed by atoms with Crippen molar-refractivity contribution in [2.75, 3.05) is 33.2 Å². The first-order valence-corrected chi connectivity index (χ1v) is 11.6. The van der Waals surface area contributed by atoms with Gasteiger partial charge >= 0.3 is 6.03 Å². The number of hydrogen-bond acceptors (Lipinski definition) is 4. The fourth-order valence-corrected chi connectivity index (χ4v) is 5.46. The summed E-state index contributed by atoms with van der Waals surface area (Å²) in [6.45, 7) is 8.63. The van der Waals surface area contributed by atoms with Crippen LogP contribution in [0.2, 0.25) is 0 Å². The van der Waals surface area contributed by atoms with Crippen LogP contribution in [-0.4, -0.2) is 77.4 Å². The van der Waals surface area contributed by atoms with Crippen LogP contribution in [0.4, 0.5) is 4.79 Å². The van der Waals surface area contributed by atoms with Crippen molar-refractivity contribution in [3.8, 4) is 0 Å². The Labute approximate surface area is 180 Å². The second-order valence-electron chi connectivity index (χ2n) is 9.21. The van der Waals surface area contributed by atoms with E-state index in [4.69, 9.17) is 0 Å². The quantitative estimate of drug-likeness (QED) is 0.510. The van der Waals surface area contributed by atoms with Crippen molar-refractivity contribution in [1.29, 1.82) is 0 Å². The fraction of sp³-hybridized carbons (Fsp3) is 0.783. The highest BCUT2D eigenvalue weighted by Crippen LogP contribution is 2.37. The minimum Gasteiger partial charge on any atom is -0.339 e. The van der Waals surface area contributed by atoms with Crippen molar-refractivity contribution in [3.05, 3.63) is 11.6 Å². The van der Waals surface area contributed by atoms with Gasteiger partial charge in [0.2, 0.25) is 5.91 Å². The third-order valence-corrected chi connectivity index (χ3v) is 7.45.